The third-order valence-corrected chi connectivity index (χ3v) is 2.00. The minimum Gasteiger partial charge on any atom is -0.494 e. The Balaban J connectivity index is 2.14. The number of nitrogens with zero attached hydrogens (tertiary/aromatic N) is 1. The first-order valence-corrected chi connectivity index (χ1v) is 5.24. The van der Waals surface area contributed by atoms with Gasteiger partial charge >= 0.3 is 0 Å². The Bertz CT molecular complexity index is 398. The molecule has 0 aliphatic rings. The molecule has 0 saturated heterocycles. The van der Waals surface area contributed by atoms with Gasteiger partial charge in [0.25, 0.3) is 0 Å². The molecular weight excluding hydrogens is 223 g/mol. The van der Waals surface area contributed by atoms with Gasteiger partial charge in [-0.15, -0.1) is 0 Å². The van der Waals surface area contributed by atoms with Crippen LogP contribution in [-0.4, -0.2) is 19.1 Å². The highest BCUT2D eigenvalue weighted by Gasteiger charge is 2.00. The molecule has 0 aliphatic heterocycles. The number of nitrogens with one attached hydrogen (secondary N) is 1. The van der Waals surface area contributed by atoms with Gasteiger partial charge in [-0.3, -0.25) is 4.79 Å². The fourth-order valence-corrected chi connectivity index (χ4v) is 1.18. The Morgan fingerprint density at radius 2 is 2.12 bits per heavy atom. The van der Waals surface area contributed by atoms with Crippen LogP contribution in [0, 0.1) is 17.1 Å². The fourth-order valence-electron chi connectivity index (χ4n) is 1.18. The third kappa shape index (κ3) is 5.52. The average Bonchev–Trinajstić information content (AvgIpc) is 2.34. The van der Waals surface area contributed by atoms with Crippen LogP contribution < -0.4 is 10.1 Å². The van der Waals surface area contributed by atoms with E-state index in [2.05, 4.69) is 5.32 Å². The van der Waals surface area contributed by atoms with E-state index < -0.39 is 0 Å². The van der Waals surface area contributed by atoms with E-state index in [0.29, 0.717) is 25.2 Å². The number of carbonyl (C=O) groups excluding carboxylic acids is 1. The van der Waals surface area contributed by atoms with Crippen molar-refractivity contribution in [3.05, 3.63) is 30.1 Å². The number of hydrogen-bond donors (Lipinski definition) is 1. The van der Waals surface area contributed by atoms with E-state index >= 15 is 0 Å². The zero-order chi connectivity index (χ0) is 12.5. The number of amides is 1. The summed E-state index contributed by atoms with van der Waals surface area (Å²) in [7, 11) is 0. The summed E-state index contributed by atoms with van der Waals surface area (Å²) in [5.41, 5.74) is 0. The van der Waals surface area contributed by atoms with Crippen LogP contribution in [0.1, 0.15) is 12.8 Å². The highest BCUT2D eigenvalue weighted by molar-refractivity contribution is 5.76. The maximum absolute atomic E-state index is 12.6. The fraction of sp³-hybridized carbons (Fsp3) is 0.333. The second kappa shape index (κ2) is 7.23. The van der Waals surface area contributed by atoms with E-state index in [1.807, 2.05) is 6.07 Å². The molecule has 0 heterocycles. The van der Waals surface area contributed by atoms with Gasteiger partial charge < -0.3 is 10.1 Å². The minimum atomic E-state index is -0.312. The molecule has 0 unspecified atom stereocenters. The molecule has 0 aliphatic carbocycles. The Hall–Kier alpha value is -2.09. The lowest BCUT2D eigenvalue weighted by Crippen LogP contribution is -2.23. The first-order chi connectivity index (χ1) is 8.22. The van der Waals surface area contributed by atoms with Crippen molar-refractivity contribution in [1.82, 2.24) is 5.32 Å². The van der Waals surface area contributed by atoms with Crippen LogP contribution >= 0.6 is 0 Å². The summed E-state index contributed by atoms with van der Waals surface area (Å²) in [5.74, 6) is 0.0892. The predicted octanol–water partition coefficient (Wildman–Crippen LogP) is 1.62. The van der Waals surface area contributed by atoms with Crippen molar-refractivity contribution in [3.63, 3.8) is 0 Å². The van der Waals surface area contributed by atoms with Gasteiger partial charge in [-0.1, -0.05) is 0 Å². The Morgan fingerprint density at radius 3 is 2.76 bits per heavy atom. The van der Waals surface area contributed by atoms with Crippen LogP contribution in [0.2, 0.25) is 0 Å². The Kier molecular flexibility index (Phi) is 5.52. The van der Waals surface area contributed by atoms with Gasteiger partial charge in [-0.05, 0) is 30.7 Å². The maximum atomic E-state index is 12.6. The average molecular weight is 236 g/mol. The van der Waals surface area contributed by atoms with E-state index in [4.69, 9.17) is 10.00 Å². The largest absolute Gasteiger partial charge is 0.494 e. The molecule has 90 valence electrons. The lowest BCUT2D eigenvalue weighted by Gasteiger charge is -2.05. The van der Waals surface area contributed by atoms with Crippen molar-refractivity contribution < 1.29 is 13.9 Å². The van der Waals surface area contributed by atoms with E-state index in [1.165, 1.54) is 24.3 Å². The van der Waals surface area contributed by atoms with E-state index in [1.54, 1.807) is 0 Å². The maximum Gasteiger partial charge on any atom is 0.220 e. The Labute approximate surface area is 99.0 Å². The zero-order valence-corrected chi connectivity index (χ0v) is 9.28. The molecule has 4 nitrogen and oxygen atoms in total. The highest BCUT2D eigenvalue weighted by Crippen LogP contribution is 2.11. The molecule has 1 amide bonds. The lowest BCUT2D eigenvalue weighted by atomic mass is 10.3. The van der Waals surface area contributed by atoms with Crippen molar-refractivity contribution in [2.24, 2.45) is 0 Å². The molecule has 0 aromatic heterocycles. The van der Waals surface area contributed by atoms with Crippen molar-refractivity contribution >= 4 is 5.91 Å². The first-order valence-electron chi connectivity index (χ1n) is 5.24. The molecule has 1 rings (SSSR count). The molecule has 1 aromatic carbocycles. The second-order valence-corrected chi connectivity index (χ2v) is 3.34. The highest BCUT2D eigenvalue weighted by atomic mass is 19.1. The van der Waals surface area contributed by atoms with Crippen LogP contribution in [0.25, 0.3) is 0 Å². The molecule has 0 radical (unpaired) electrons. The van der Waals surface area contributed by atoms with Crippen LogP contribution in [0.5, 0.6) is 5.75 Å². The number of halogens is 1. The van der Waals surface area contributed by atoms with Crippen molar-refractivity contribution in [1.29, 1.82) is 5.26 Å². The first kappa shape index (κ1) is 13.0. The van der Waals surface area contributed by atoms with Gasteiger partial charge in [-0.2, -0.15) is 5.26 Å². The molecule has 17 heavy (non-hydrogen) atoms. The van der Waals surface area contributed by atoms with Crippen LogP contribution in [0.4, 0.5) is 4.39 Å². The minimum absolute atomic E-state index is 0.0254. The molecule has 0 atom stereocenters. The lowest BCUT2D eigenvalue weighted by molar-refractivity contribution is -0.121. The van der Waals surface area contributed by atoms with Crippen molar-refractivity contribution in [2.45, 2.75) is 12.8 Å². The number of benzene rings is 1. The summed E-state index contributed by atoms with van der Waals surface area (Å²) < 4.78 is 17.9. The molecule has 1 N–H and O–H groups in total. The van der Waals surface area contributed by atoms with E-state index in [9.17, 15) is 9.18 Å². The summed E-state index contributed by atoms with van der Waals surface area (Å²) in [4.78, 5) is 11.1. The molecule has 1 aromatic rings. The van der Waals surface area contributed by atoms with Crippen LogP contribution in [0.15, 0.2) is 24.3 Å². The van der Waals surface area contributed by atoms with Crippen molar-refractivity contribution in [2.75, 3.05) is 13.2 Å². The van der Waals surface area contributed by atoms with Gasteiger partial charge in [0.15, 0.2) is 0 Å². The SMILES string of the molecule is N#CCNC(=O)CCCOc1ccc(F)cc1. The quantitative estimate of drug-likeness (QED) is 0.603. The number of rotatable bonds is 6. The molecule has 0 spiro atoms. The monoisotopic (exact) mass is 236 g/mol. The molecule has 5 heteroatoms. The van der Waals surface area contributed by atoms with Crippen molar-refractivity contribution in [3.8, 4) is 11.8 Å². The van der Waals surface area contributed by atoms with Crippen LogP contribution in [-0.2, 0) is 4.79 Å². The summed E-state index contributed by atoms with van der Waals surface area (Å²) in [6.45, 7) is 0.406. The summed E-state index contributed by atoms with van der Waals surface area (Å²) >= 11 is 0. The smallest absolute Gasteiger partial charge is 0.220 e. The molecule has 0 fully saturated rings. The number of nitriles is 1. The number of hydrogen-bond acceptors (Lipinski definition) is 3. The molecule has 0 bridgehead atoms. The predicted molar refractivity (Wildman–Crippen MR) is 59.8 cm³/mol. The zero-order valence-electron chi connectivity index (χ0n) is 9.28. The topological polar surface area (TPSA) is 62.1 Å². The molecule has 0 saturated carbocycles. The third-order valence-electron chi connectivity index (χ3n) is 2.00. The van der Waals surface area contributed by atoms with Gasteiger partial charge in [0.1, 0.15) is 18.1 Å². The normalized spacial score (nSPS) is 9.41. The summed E-state index contributed by atoms with van der Waals surface area (Å²) in [6, 6.07) is 7.52. The van der Waals surface area contributed by atoms with Gasteiger partial charge in [0, 0.05) is 6.42 Å². The second-order valence-electron chi connectivity index (χ2n) is 3.34. The number of carbonyl (C=O) groups is 1. The van der Waals surface area contributed by atoms with Crippen LogP contribution in [0.3, 0.4) is 0 Å². The van der Waals surface area contributed by atoms with Gasteiger partial charge in [0.05, 0.1) is 12.7 Å². The number of ether oxygens (including phenoxy) is 1. The summed E-state index contributed by atoms with van der Waals surface area (Å²) in [6.07, 6.45) is 0.859. The van der Waals surface area contributed by atoms with Gasteiger partial charge in [-0.25, -0.2) is 4.39 Å². The molecular formula is C12H13FN2O2. The summed E-state index contributed by atoms with van der Waals surface area (Å²) in [5, 5.41) is 10.7. The van der Waals surface area contributed by atoms with Gasteiger partial charge in [0.2, 0.25) is 5.91 Å². The van der Waals surface area contributed by atoms with E-state index in [-0.39, 0.29) is 18.3 Å². The standard InChI is InChI=1S/C12H13FN2O2/c13-10-3-5-11(6-4-10)17-9-1-2-12(16)15-8-7-14/h3-6H,1-2,8-9H2,(H,15,16). The Morgan fingerprint density at radius 1 is 1.41 bits per heavy atom. The van der Waals surface area contributed by atoms with E-state index in [0.717, 1.165) is 0 Å².